The van der Waals surface area contributed by atoms with Crippen molar-refractivity contribution in [2.24, 2.45) is 0 Å². The van der Waals surface area contributed by atoms with Crippen LogP contribution >= 0.6 is 0 Å². The van der Waals surface area contributed by atoms with Crippen LogP contribution in [0.5, 0.6) is 0 Å². The fourth-order valence-corrected chi connectivity index (χ4v) is 1.61. The van der Waals surface area contributed by atoms with Gasteiger partial charge in [-0.2, -0.15) is 5.10 Å². The summed E-state index contributed by atoms with van der Waals surface area (Å²) in [4.78, 5) is 0. The summed E-state index contributed by atoms with van der Waals surface area (Å²) in [7, 11) is 1.89. The number of hydrogen-bond acceptors (Lipinski definition) is 2. The Labute approximate surface area is 96.1 Å². The van der Waals surface area contributed by atoms with Gasteiger partial charge < -0.3 is 5.32 Å². The van der Waals surface area contributed by atoms with Gasteiger partial charge in [-0.15, -0.1) is 0 Å². The van der Waals surface area contributed by atoms with Crippen LogP contribution in [0.4, 0.5) is 5.69 Å². The lowest BCUT2D eigenvalue weighted by atomic mass is 10.0. The number of aromatic nitrogens is 2. The Hall–Kier alpha value is -1.77. The van der Waals surface area contributed by atoms with E-state index in [1.807, 2.05) is 24.1 Å². The van der Waals surface area contributed by atoms with Crippen molar-refractivity contribution < 1.29 is 0 Å². The molecule has 0 saturated heterocycles. The molecule has 2 rings (SSSR count). The Balaban J connectivity index is 2.27. The molecule has 0 saturated carbocycles. The van der Waals surface area contributed by atoms with Crippen LogP contribution in [0, 0.1) is 0 Å². The molecule has 0 radical (unpaired) electrons. The smallest absolute Gasteiger partial charge is 0.0728 e. The van der Waals surface area contributed by atoms with Gasteiger partial charge in [0.2, 0.25) is 0 Å². The van der Waals surface area contributed by atoms with E-state index in [2.05, 4.69) is 48.5 Å². The summed E-state index contributed by atoms with van der Waals surface area (Å²) in [6, 6.07) is 8.50. The summed E-state index contributed by atoms with van der Waals surface area (Å²) in [6.45, 7) is 4.39. The van der Waals surface area contributed by atoms with E-state index in [1.165, 1.54) is 5.56 Å². The van der Waals surface area contributed by atoms with Crippen molar-refractivity contribution in [1.29, 1.82) is 0 Å². The minimum absolute atomic E-state index is 0.569. The molecule has 1 aromatic carbocycles. The lowest BCUT2D eigenvalue weighted by Gasteiger charge is -2.06. The average molecular weight is 215 g/mol. The molecular weight excluding hydrogens is 198 g/mol. The van der Waals surface area contributed by atoms with Crippen molar-refractivity contribution in [2.75, 3.05) is 12.4 Å². The number of rotatable bonds is 3. The van der Waals surface area contributed by atoms with Crippen LogP contribution in [0.2, 0.25) is 0 Å². The number of hydrogen-bond donors (Lipinski definition) is 1. The second kappa shape index (κ2) is 4.39. The van der Waals surface area contributed by atoms with Crippen LogP contribution in [0.1, 0.15) is 25.3 Å². The Bertz CT molecular complexity index is 454. The predicted molar refractivity (Wildman–Crippen MR) is 67.2 cm³/mol. The first kappa shape index (κ1) is 10.7. The number of benzene rings is 1. The van der Waals surface area contributed by atoms with Gasteiger partial charge in [-0.1, -0.05) is 26.0 Å². The van der Waals surface area contributed by atoms with Gasteiger partial charge in [0.05, 0.1) is 23.8 Å². The van der Waals surface area contributed by atoms with E-state index >= 15 is 0 Å². The van der Waals surface area contributed by atoms with Crippen LogP contribution in [0.15, 0.2) is 36.7 Å². The van der Waals surface area contributed by atoms with Gasteiger partial charge in [-0.05, 0) is 23.6 Å². The molecule has 16 heavy (non-hydrogen) atoms. The van der Waals surface area contributed by atoms with Gasteiger partial charge in [0.25, 0.3) is 0 Å². The number of anilines is 1. The maximum Gasteiger partial charge on any atom is 0.0728 e. The topological polar surface area (TPSA) is 29.9 Å². The van der Waals surface area contributed by atoms with Crippen molar-refractivity contribution in [1.82, 2.24) is 9.78 Å². The summed E-state index contributed by atoms with van der Waals surface area (Å²) >= 11 is 0. The molecule has 0 spiro atoms. The largest absolute Gasteiger partial charge is 0.386 e. The molecular formula is C13H17N3. The minimum atomic E-state index is 0.569. The van der Waals surface area contributed by atoms with Crippen LogP contribution in [0.25, 0.3) is 5.69 Å². The molecule has 1 N–H and O–H groups in total. The molecule has 1 aromatic heterocycles. The zero-order valence-electron chi connectivity index (χ0n) is 9.94. The van der Waals surface area contributed by atoms with Crippen molar-refractivity contribution in [3.63, 3.8) is 0 Å². The minimum Gasteiger partial charge on any atom is -0.386 e. The highest BCUT2D eigenvalue weighted by Crippen LogP contribution is 2.17. The Morgan fingerprint density at radius 3 is 2.38 bits per heavy atom. The Kier molecular flexibility index (Phi) is 2.95. The van der Waals surface area contributed by atoms with Crippen LogP contribution < -0.4 is 5.32 Å². The van der Waals surface area contributed by atoms with Gasteiger partial charge in [0.15, 0.2) is 0 Å². The highest BCUT2D eigenvalue weighted by atomic mass is 15.3. The van der Waals surface area contributed by atoms with Gasteiger partial charge in [-0.3, -0.25) is 0 Å². The number of nitrogens with one attached hydrogen (secondary N) is 1. The highest BCUT2D eigenvalue weighted by molar-refractivity contribution is 5.42. The van der Waals surface area contributed by atoms with E-state index in [1.54, 1.807) is 0 Å². The van der Waals surface area contributed by atoms with Gasteiger partial charge in [0, 0.05) is 7.05 Å². The van der Waals surface area contributed by atoms with Gasteiger partial charge in [0.1, 0.15) is 0 Å². The molecule has 3 nitrogen and oxygen atoms in total. The quantitative estimate of drug-likeness (QED) is 0.852. The van der Waals surface area contributed by atoms with E-state index in [0.717, 1.165) is 11.4 Å². The molecule has 1 heterocycles. The zero-order chi connectivity index (χ0) is 11.5. The fourth-order valence-electron chi connectivity index (χ4n) is 1.61. The maximum atomic E-state index is 4.29. The third-order valence-corrected chi connectivity index (χ3v) is 2.70. The van der Waals surface area contributed by atoms with E-state index < -0.39 is 0 Å². The molecule has 0 fully saturated rings. The fraction of sp³-hybridized carbons (Fsp3) is 0.308. The molecule has 0 aliphatic carbocycles. The van der Waals surface area contributed by atoms with Gasteiger partial charge >= 0.3 is 0 Å². The molecule has 0 atom stereocenters. The van der Waals surface area contributed by atoms with E-state index in [-0.39, 0.29) is 0 Å². The predicted octanol–water partition coefficient (Wildman–Crippen LogP) is 3.04. The van der Waals surface area contributed by atoms with Crippen molar-refractivity contribution in [3.05, 3.63) is 42.2 Å². The second-order valence-electron chi connectivity index (χ2n) is 4.17. The first-order valence-corrected chi connectivity index (χ1v) is 5.53. The second-order valence-corrected chi connectivity index (χ2v) is 4.17. The third-order valence-electron chi connectivity index (χ3n) is 2.70. The summed E-state index contributed by atoms with van der Waals surface area (Å²) < 4.78 is 1.87. The molecule has 0 amide bonds. The first-order chi connectivity index (χ1) is 7.70. The SMILES string of the molecule is CNc1cnn(-c2ccc(C(C)C)cc2)c1. The van der Waals surface area contributed by atoms with Gasteiger partial charge in [-0.25, -0.2) is 4.68 Å². The molecule has 0 aliphatic rings. The van der Waals surface area contributed by atoms with Crippen molar-refractivity contribution in [2.45, 2.75) is 19.8 Å². The number of nitrogens with zero attached hydrogens (tertiary/aromatic N) is 2. The Morgan fingerprint density at radius 1 is 1.19 bits per heavy atom. The van der Waals surface area contributed by atoms with E-state index in [4.69, 9.17) is 0 Å². The van der Waals surface area contributed by atoms with Crippen LogP contribution in [-0.4, -0.2) is 16.8 Å². The summed E-state index contributed by atoms with van der Waals surface area (Å²) in [5, 5.41) is 7.35. The highest BCUT2D eigenvalue weighted by Gasteiger charge is 2.01. The molecule has 0 unspecified atom stereocenters. The maximum absolute atomic E-state index is 4.29. The average Bonchev–Trinajstić information content (AvgIpc) is 2.77. The monoisotopic (exact) mass is 215 g/mol. The summed E-state index contributed by atoms with van der Waals surface area (Å²) in [5.41, 5.74) is 3.46. The molecule has 0 aliphatic heterocycles. The molecule has 3 heteroatoms. The Morgan fingerprint density at radius 2 is 1.88 bits per heavy atom. The summed E-state index contributed by atoms with van der Waals surface area (Å²) in [5.74, 6) is 0.569. The van der Waals surface area contributed by atoms with Crippen LogP contribution in [-0.2, 0) is 0 Å². The zero-order valence-corrected chi connectivity index (χ0v) is 9.94. The molecule has 84 valence electrons. The standard InChI is InChI=1S/C13H17N3/c1-10(2)11-4-6-13(7-5-11)16-9-12(14-3)8-15-16/h4-10,14H,1-3H3. The third kappa shape index (κ3) is 2.08. The molecule has 0 bridgehead atoms. The normalized spacial score (nSPS) is 10.8. The van der Waals surface area contributed by atoms with Crippen LogP contribution in [0.3, 0.4) is 0 Å². The lowest BCUT2D eigenvalue weighted by Crippen LogP contribution is -1.95. The van der Waals surface area contributed by atoms with E-state index in [9.17, 15) is 0 Å². The van der Waals surface area contributed by atoms with E-state index in [0.29, 0.717) is 5.92 Å². The molecule has 2 aromatic rings. The van der Waals surface area contributed by atoms with Crippen molar-refractivity contribution >= 4 is 5.69 Å². The van der Waals surface area contributed by atoms with Crippen molar-refractivity contribution in [3.8, 4) is 5.69 Å². The summed E-state index contributed by atoms with van der Waals surface area (Å²) in [6.07, 6.45) is 3.79. The first-order valence-electron chi connectivity index (χ1n) is 5.53. The lowest BCUT2D eigenvalue weighted by molar-refractivity contribution is 0.854.